The highest BCUT2D eigenvalue weighted by atomic mass is 127. The van der Waals surface area contributed by atoms with Gasteiger partial charge >= 0.3 is 27.3 Å². The third-order valence-electron chi connectivity index (χ3n) is 8.76. The fourth-order valence-corrected chi connectivity index (χ4v) is 12.0. The Balaban J connectivity index is 0.000000172. The van der Waals surface area contributed by atoms with Gasteiger partial charge in [-0.15, -0.1) is 0 Å². The fourth-order valence-electron chi connectivity index (χ4n) is 6.22. The second-order valence-electron chi connectivity index (χ2n) is 14.0. The van der Waals surface area contributed by atoms with E-state index in [4.69, 9.17) is 4.74 Å². The van der Waals surface area contributed by atoms with Gasteiger partial charge in [-0.25, -0.2) is 19.2 Å². The molecular formula is C41H35FIN6O4S3+. The largest absolute Gasteiger partial charge is 0.443 e. The minimum Gasteiger partial charge on any atom is -0.443 e. The zero-order chi connectivity index (χ0) is 39.0. The molecule has 0 spiro atoms. The predicted molar refractivity (Wildman–Crippen MR) is 219 cm³/mol. The summed E-state index contributed by atoms with van der Waals surface area (Å²) in [5.41, 5.74) is 6.18. The number of hydrogen-bond acceptors (Lipinski definition) is 10. The maximum Gasteiger partial charge on any atom is 0.414 e. The highest BCUT2D eigenvalue weighted by molar-refractivity contribution is 7.22. The van der Waals surface area contributed by atoms with Gasteiger partial charge < -0.3 is 10.1 Å². The lowest BCUT2D eigenvalue weighted by Gasteiger charge is -2.24. The summed E-state index contributed by atoms with van der Waals surface area (Å²) >= 11 is 4.35. The highest BCUT2D eigenvalue weighted by Crippen LogP contribution is 2.32. The number of hydrogen-bond donors (Lipinski definition) is 3. The summed E-state index contributed by atoms with van der Waals surface area (Å²) in [5.74, 6) is -0.710. The standard InChI is InChI=1S/C25H22IN3O3S2.C16H12FN3OS/c1-25(2,3)32-24(31)29-11-10-15-13-16(6-9-19(15)29)22(30)28-23-27-18-8-7-17(14-20(18)34-23)26-21-5-4-12-33-21;17-11-2-4-13-14(8-11)22-16(19-13)20-15(21)10-1-3-12-9(7-10)5-6-18-12/h4-9,12-14H,10-11H2,1-3H3;1-4,7-8,18H,5-6H2,(H,19,20,21)/p+1/i;17-1. The van der Waals surface area contributed by atoms with Gasteiger partial charge in [-0.1, -0.05) is 34.0 Å². The van der Waals surface area contributed by atoms with Gasteiger partial charge in [-0.3, -0.25) is 25.1 Å². The molecule has 0 bridgehead atoms. The first kappa shape index (κ1) is 37.9. The van der Waals surface area contributed by atoms with Crippen molar-refractivity contribution in [1.82, 2.24) is 9.97 Å². The van der Waals surface area contributed by atoms with Crippen molar-refractivity contribution in [2.45, 2.75) is 39.2 Å². The number of thiophene rings is 1. The zero-order valence-electron chi connectivity index (χ0n) is 30.4. The molecule has 7 aromatic rings. The SMILES string of the molecule is CC(C)(C)OC(=O)N1CCc2cc(C(=O)Nc3nc4ccc([I+]c5cccs5)cc4s3)ccc21.O=C(Nc1nc2ccc([18F])cc2s1)c1ccc2c(c1)CCN2. The van der Waals surface area contributed by atoms with Crippen LogP contribution in [0.25, 0.3) is 20.4 Å². The van der Waals surface area contributed by atoms with Crippen LogP contribution in [0.15, 0.2) is 90.3 Å². The van der Waals surface area contributed by atoms with Crippen molar-refractivity contribution in [3.8, 4) is 0 Å². The number of halogens is 2. The van der Waals surface area contributed by atoms with E-state index in [0.29, 0.717) is 44.6 Å². The Morgan fingerprint density at radius 3 is 2.20 bits per heavy atom. The maximum absolute atomic E-state index is 13.2. The number of rotatable bonds is 6. The predicted octanol–water partition coefficient (Wildman–Crippen LogP) is 6.69. The van der Waals surface area contributed by atoms with Crippen LogP contribution in [0.3, 0.4) is 0 Å². The Labute approximate surface area is 344 Å². The van der Waals surface area contributed by atoms with Gasteiger partial charge in [-0.05, 0) is 123 Å². The lowest BCUT2D eigenvalue weighted by molar-refractivity contribution is -0.591. The molecular weight excluding hydrogens is 882 g/mol. The monoisotopic (exact) mass is 916 g/mol. The Bertz CT molecular complexity index is 2620. The van der Waals surface area contributed by atoms with Gasteiger partial charge in [0.15, 0.2) is 13.8 Å². The number of amides is 3. The van der Waals surface area contributed by atoms with Gasteiger partial charge in [0.1, 0.15) is 11.4 Å². The van der Waals surface area contributed by atoms with Gasteiger partial charge in [-0.2, -0.15) is 0 Å². The Morgan fingerprint density at radius 2 is 1.50 bits per heavy atom. The van der Waals surface area contributed by atoms with Crippen molar-refractivity contribution in [2.24, 2.45) is 0 Å². The van der Waals surface area contributed by atoms with Gasteiger partial charge in [0.05, 0.1) is 26.1 Å². The molecule has 10 nitrogen and oxygen atoms in total. The summed E-state index contributed by atoms with van der Waals surface area (Å²) in [7, 11) is 0. The number of fused-ring (bicyclic) bond motifs is 4. The molecule has 3 N–H and O–H groups in total. The summed E-state index contributed by atoms with van der Waals surface area (Å²) in [6, 6.07) is 26.1. The molecule has 2 aliphatic heterocycles. The minimum atomic E-state index is -0.552. The summed E-state index contributed by atoms with van der Waals surface area (Å²) in [6.07, 6.45) is 1.25. The van der Waals surface area contributed by atoms with E-state index in [0.717, 1.165) is 45.7 Å². The first-order valence-electron chi connectivity index (χ1n) is 17.7. The molecule has 9 rings (SSSR count). The molecule has 0 saturated carbocycles. The van der Waals surface area contributed by atoms with Gasteiger partial charge in [0, 0.05) is 42.0 Å². The van der Waals surface area contributed by atoms with E-state index in [1.165, 1.54) is 41.3 Å². The van der Waals surface area contributed by atoms with E-state index in [1.807, 2.05) is 51.1 Å². The number of nitrogens with zero attached hydrogens (tertiary/aromatic N) is 3. The van der Waals surface area contributed by atoms with E-state index in [1.54, 1.807) is 34.4 Å². The molecule has 15 heteroatoms. The number of nitrogens with one attached hydrogen (secondary N) is 3. The van der Waals surface area contributed by atoms with Crippen molar-refractivity contribution < 1.29 is 44.7 Å². The summed E-state index contributed by atoms with van der Waals surface area (Å²) < 4.78 is 23.2. The van der Waals surface area contributed by atoms with Crippen molar-refractivity contribution in [2.75, 3.05) is 33.9 Å². The van der Waals surface area contributed by atoms with Crippen molar-refractivity contribution in [3.63, 3.8) is 0 Å². The fraction of sp³-hybridized carbons (Fsp3) is 0.195. The van der Waals surface area contributed by atoms with Crippen LogP contribution in [0.2, 0.25) is 0 Å². The molecule has 0 atom stereocenters. The molecule has 2 aliphatic rings. The average Bonchev–Trinajstić information content (AvgIpc) is 4.01. The highest BCUT2D eigenvalue weighted by Gasteiger charge is 2.29. The number of ether oxygens (including phenoxy) is 1. The first-order valence-corrected chi connectivity index (χ1v) is 22.4. The van der Waals surface area contributed by atoms with Crippen LogP contribution in [-0.2, 0) is 17.6 Å². The molecule has 0 saturated heterocycles. The lowest BCUT2D eigenvalue weighted by Crippen LogP contribution is -3.61. The molecule has 0 radical (unpaired) electrons. The van der Waals surface area contributed by atoms with Crippen LogP contribution in [0.5, 0.6) is 0 Å². The van der Waals surface area contributed by atoms with Crippen molar-refractivity contribution >= 4 is 94.0 Å². The van der Waals surface area contributed by atoms with Gasteiger partial charge in [0.2, 0.25) is 2.88 Å². The van der Waals surface area contributed by atoms with Crippen LogP contribution in [0, 0.1) is 12.3 Å². The normalized spacial score (nSPS) is 13.1. The Morgan fingerprint density at radius 1 is 0.821 bits per heavy atom. The van der Waals surface area contributed by atoms with Crippen LogP contribution < -0.4 is 42.1 Å². The zero-order valence-corrected chi connectivity index (χ0v) is 35.1. The number of anilines is 4. The third kappa shape index (κ3) is 8.70. The lowest BCUT2D eigenvalue weighted by atomic mass is 10.1. The smallest absolute Gasteiger partial charge is 0.414 e. The summed E-state index contributed by atoms with van der Waals surface area (Å²) in [5, 5.41) is 12.2. The maximum atomic E-state index is 13.2. The van der Waals surface area contributed by atoms with E-state index in [2.05, 4.69) is 55.6 Å². The van der Waals surface area contributed by atoms with Crippen LogP contribution in [0.1, 0.15) is 52.6 Å². The molecule has 3 amide bonds. The van der Waals surface area contributed by atoms with Crippen LogP contribution in [-0.4, -0.2) is 46.6 Å². The molecule has 0 unspecified atom stereocenters. The number of carbonyl (C=O) groups is 3. The van der Waals surface area contributed by atoms with E-state index in [9.17, 15) is 18.8 Å². The third-order valence-corrected chi connectivity index (χ3v) is 14.7. The van der Waals surface area contributed by atoms with Crippen molar-refractivity contribution in [3.05, 3.63) is 125 Å². The second kappa shape index (κ2) is 15.9. The average molecular weight is 917 g/mol. The Kier molecular flexibility index (Phi) is 10.8. The van der Waals surface area contributed by atoms with Crippen LogP contribution in [0.4, 0.5) is 30.8 Å². The van der Waals surface area contributed by atoms with Crippen molar-refractivity contribution in [1.29, 1.82) is 0 Å². The van der Waals surface area contributed by atoms with E-state index in [-0.39, 0.29) is 44.9 Å². The molecule has 3 aromatic heterocycles. The second-order valence-corrected chi connectivity index (χ2v) is 20.6. The molecule has 0 aliphatic carbocycles. The van der Waals surface area contributed by atoms with Crippen LogP contribution >= 0.6 is 34.0 Å². The van der Waals surface area contributed by atoms with E-state index >= 15 is 0 Å². The Hall–Kier alpha value is -4.97. The molecule has 0 fully saturated rings. The van der Waals surface area contributed by atoms with E-state index < -0.39 is 5.60 Å². The number of benzene rings is 4. The minimum absolute atomic E-state index is 0.200. The molecule has 56 heavy (non-hydrogen) atoms. The van der Waals surface area contributed by atoms with Gasteiger partial charge in [0.25, 0.3) is 11.8 Å². The number of carbonyl (C=O) groups excluding carboxylic acids is 3. The quantitative estimate of drug-likeness (QED) is 0.159. The topological polar surface area (TPSA) is 126 Å². The molecule has 4 aromatic carbocycles. The number of aromatic nitrogens is 2. The summed E-state index contributed by atoms with van der Waals surface area (Å²) in [4.78, 5) is 48.3. The first-order chi connectivity index (χ1) is 26.9. The summed E-state index contributed by atoms with van der Waals surface area (Å²) in [6.45, 7) is 7.00. The molecule has 284 valence electrons. The molecule has 5 heterocycles. The number of thiazole rings is 2.